The first-order chi connectivity index (χ1) is 9.15. The Morgan fingerprint density at radius 1 is 1.21 bits per heavy atom. The third-order valence-electron chi connectivity index (χ3n) is 3.37. The number of hydrogen-bond donors (Lipinski definition) is 1. The molecule has 1 aromatic rings. The molecule has 0 radical (unpaired) electrons. The maximum Gasteiger partial charge on any atom is 0.221 e. The second-order valence-electron chi connectivity index (χ2n) is 4.94. The fraction of sp³-hybridized carbons (Fsp3) is 0.467. The molecule has 0 aromatic heterocycles. The van der Waals surface area contributed by atoms with Crippen LogP contribution in [0.25, 0.3) is 0 Å². The number of carbonyl (C=O) groups is 2. The highest BCUT2D eigenvalue weighted by atomic mass is 32.2. The highest BCUT2D eigenvalue weighted by Gasteiger charge is 2.22. The van der Waals surface area contributed by atoms with Gasteiger partial charge in [0.1, 0.15) is 5.78 Å². The van der Waals surface area contributed by atoms with Crippen molar-refractivity contribution in [1.29, 1.82) is 0 Å². The molecular weight excluding hydrogens is 258 g/mol. The fourth-order valence-corrected chi connectivity index (χ4v) is 3.23. The zero-order valence-electron chi connectivity index (χ0n) is 11.1. The van der Waals surface area contributed by atoms with E-state index in [0.29, 0.717) is 17.5 Å². The van der Waals surface area contributed by atoms with Crippen molar-refractivity contribution in [2.75, 3.05) is 11.1 Å². The van der Waals surface area contributed by atoms with Gasteiger partial charge in [-0.3, -0.25) is 9.59 Å². The Morgan fingerprint density at radius 3 is 2.42 bits per heavy atom. The van der Waals surface area contributed by atoms with Crippen molar-refractivity contribution >= 4 is 29.1 Å². The van der Waals surface area contributed by atoms with E-state index < -0.39 is 0 Å². The lowest BCUT2D eigenvalue weighted by molar-refractivity contribution is -0.120. The highest BCUT2D eigenvalue weighted by molar-refractivity contribution is 8.00. The summed E-state index contributed by atoms with van der Waals surface area (Å²) >= 11 is 1.58. The first kappa shape index (κ1) is 14.1. The van der Waals surface area contributed by atoms with Crippen LogP contribution in [0.5, 0.6) is 0 Å². The zero-order valence-corrected chi connectivity index (χ0v) is 12.0. The molecule has 2 rings (SSSR count). The number of ketones is 1. The lowest BCUT2D eigenvalue weighted by atomic mass is 10.0. The third-order valence-corrected chi connectivity index (χ3v) is 4.40. The molecule has 0 spiro atoms. The Hall–Kier alpha value is -1.29. The zero-order chi connectivity index (χ0) is 13.7. The van der Waals surface area contributed by atoms with Gasteiger partial charge < -0.3 is 5.32 Å². The van der Waals surface area contributed by atoms with Gasteiger partial charge in [0.15, 0.2) is 0 Å². The molecule has 0 unspecified atom stereocenters. The van der Waals surface area contributed by atoms with E-state index in [1.807, 2.05) is 24.3 Å². The quantitative estimate of drug-likeness (QED) is 0.838. The summed E-state index contributed by atoms with van der Waals surface area (Å²) in [6, 6.07) is 7.61. The van der Waals surface area contributed by atoms with Gasteiger partial charge >= 0.3 is 0 Å². The maximum absolute atomic E-state index is 12.0. The van der Waals surface area contributed by atoms with Crippen LogP contribution < -0.4 is 5.32 Å². The highest BCUT2D eigenvalue weighted by Crippen LogP contribution is 2.28. The molecular formula is C15H19NO2S. The van der Waals surface area contributed by atoms with E-state index in [-0.39, 0.29) is 5.91 Å². The van der Waals surface area contributed by atoms with Crippen LogP contribution in [-0.2, 0) is 9.59 Å². The van der Waals surface area contributed by atoms with Gasteiger partial charge in [-0.25, -0.2) is 0 Å². The molecule has 0 atom stereocenters. The average molecular weight is 277 g/mol. The molecule has 3 nitrogen and oxygen atoms in total. The van der Waals surface area contributed by atoms with Crippen molar-refractivity contribution in [3.63, 3.8) is 0 Å². The number of anilines is 1. The Balaban J connectivity index is 1.82. The first-order valence-electron chi connectivity index (χ1n) is 6.68. The molecule has 1 aromatic carbocycles. The lowest BCUT2D eigenvalue weighted by Crippen LogP contribution is -2.12. The summed E-state index contributed by atoms with van der Waals surface area (Å²) in [6.07, 6.45) is 4.54. The van der Waals surface area contributed by atoms with Crippen molar-refractivity contribution in [1.82, 2.24) is 0 Å². The van der Waals surface area contributed by atoms with Crippen LogP contribution in [0.3, 0.4) is 0 Å². The largest absolute Gasteiger partial charge is 0.326 e. The van der Waals surface area contributed by atoms with Crippen molar-refractivity contribution < 1.29 is 9.59 Å². The number of carbonyl (C=O) groups excluding carboxylic acids is 2. The van der Waals surface area contributed by atoms with Gasteiger partial charge in [0, 0.05) is 23.4 Å². The maximum atomic E-state index is 12.0. The number of thioether (sulfide) groups is 1. The minimum absolute atomic E-state index is 0.0724. The first-order valence-corrected chi connectivity index (χ1v) is 7.67. The SMILES string of the molecule is CC(=O)Nc1ccc(SCC(=O)C2CCCC2)cc1. The van der Waals surface area contributed by atoms with Gasteiger partial charge in [0.25, 0.3) is 0 Å². The van der Waals surface area contributed by atoms with Gasteiger partial charge in [-0.2, -0.15) is 0 Å². The predicted molar refractivity (Wildman–Crippen MR) is 78.4 cm³/mol. The molecule has 0 bridgehead atoms. The summed E-state index contributed by atoms with van der Waals surface area (Å²) in [5, 5.41) is 2.73. The Labute approximate surface area is 118 Å². The van der Waals surface area contributed by atoms with Crippen LogP contribution >= 0.6 is 11.8 Å². The van der Waals surface area contributed by atoms with Crippen molar-refractivity contribution in [3.05, 3.63) is 24.3 Å². The van der Waals surface area contributed by atoms with Gasteiger partial charge in [0.2, 0.25) is 5.91 Å². The summed E-state index contributed by atoms with van der Waals surface area (Å²) in [5.74, 6) is 1.17. The molecule has 19 heavy (non-hydrogen) atoms. The molecule has 0 heterocycles. The van der Waals surface area contributed by atoms with E-state index in [1.54, 1.807) is 11.8 Å². The predicted octanol–water partition coefficient (Wildman–Crippen LogP) is 3.50. The van der Waals surface area contributed by atoms with Crippen LogP contribution in [0, 0.1) is 5.92 Å². The molecule has 1 N–H and O–H groups in total. The monoisotopic (exact) mass is 277 g/mol. The molecule has 1 amide bonds. The number of amides is 1. The second-order valence-corrected chi connectivity index (χ2v) is 5.99. The van der Waals surface area contributed by atoms with E-state index >= 15 is 0 Å². The average Bonchev–Trinajstić information content (AvgIpc) is 2.91. The third kappa shape index (κ3) is 4.39. The molecule has 1 aliphatic rings. The number of Topliss-reactive ketones (excluding diaryl/α,β-unsaturated/α-hetero) is 1. The van der Waals surface area contributed by atoms with Crippen LogP contribution in [0.4, 0.5) is 5.69 Å². The number of nitrogens with one attached hydrogen (secondary N) is 1. The van der Waals surface area contributed by atoms with Gasteiger partial charge in [-0.15, -0.1) is 11.8 Å². The summed E-state index contributed by atoms with van der Waals surface area (Å²) in [7, 11) is 0. The number of benzene rings is 1. The molecule has 0 saturated heterocycles. The van der Waals surface area contributed by atoms with E-state index in [9.17, 15) is 9.59 Å². The fourth-order valence-electron chi connectivity index (χ4n) is 2.36. The van der Waals surface area contributed by atoms with Crippen molar-refractivity contribution in [3.8, 4) is 0 Å². The lowest BCUT2D eigenvalue weighted by Gasteiger charge is -2.08. The van der Waals surface area contributed by atoms with Crippen LogP contribution in [0.15, 0.2) is 29.2 Å². The van der Waals surface area contributed by atoms with Crippen molar-refractivity contribution in [2.45, 2.75) is 37.5 Å². The Morgan fingerprint density at radius 2 is 1.84 bits per heavy atom. The molecule has 1 aliphatic carbocycles. The van der Waals surface area contributed by atoms with E-state index in [2.05, 4.69) is 5.32 Å². The smallest absolute Gasteiger partial charge is 0.221 e. The van der Waals surface area contributed by atoms with Crippen molar-refractivity contribution in [2.24, 2.45) is 5.92 Å². The number of hydrogen-bond acceptors (Lipinski definition) is 3. The van der Waals surface area contributed by atoms with Crippen LogP contribution in [0.2, 0.25) is 0 Å². The topological polar surface area (TPSA) is 46.2 Å². The molecule has 102 valence electrons. The Bertz CT molecular complexity index is 450. The molecule has 0 aliphatic heterocycles. The van der Waals surface area contributed by atoms with Crippen LogP contribution in [0.1, 0.15) is 32.6 Å². The van der Waals surface area contributed by atoms with Crippen LogP contribution in [-0.4, -0.2) is 17.4 Å². The molecule has 4 heteroatoms. The van der Waals surface area contributed by atoms with Gasteiger partial charge in [-0.1, -0.05) is 12.8 Å². The normalized spacial score (nSPS) is 15.4. The van der Waals surface area contributed by atoms with E-state index in [1.165, 1.54) is 19.8 Å². The minimum Gasteiger partial charge on any atom is -0.326 e. The standard InChI is InChI=1S/C15H19NO2S/c1-11(17)16-13-6-8-14(9-7-13)19-10-15(18)12-4-2-3-5-12/h6-9,12H,2-5,10H2,1H3,(H,16,17). The minimum atomic E-state index is -0.0724. The van der Waals surface area contributed by atoms with Gasteiger partial charge in [0.05, 0.1) is 5.75 Å². The molecule has 1 fully saturated rings. The number of rotatable bonds is 5. The summed E-state index contributed by atoms with van der Waals surface area (Å²) < 4.78 is 0. The molecule has 1 saturated carbocycles. The van der Waals surface area contributed by atoms with E-state index in [4.69, 9.17) is 0 Å². The van der Waals surface area contributed by atoms with E-state index in [0.717, 1.165) is 23.4 Å². The summed E-state index contributed by atoms with van der Waals surface area (Å²) in [4.78, 5) is 23.9. The van der Waals surface area contributed by atoms with Gasteiger partial charge in [-0.05, 0) is 37.1 Å². The summed E-state index contributed by atoms with van der Waals surface area (Å²) in [6.45, 7) is 1.49. The summed E-state index contributed by atoms with van der Waals surface area (Å²) in [5.41, 5.74) is 0.791. The Kier molecular flexibility index (Phi) is 5.02. The second kappa shape index (κ2) is 6.75.